The third-order valence-corrected chi connectivity index (χ3v) is 5.54. The first-order chi connectivity index (χ1) is 8.32. The van der Waals surface area contributed by atoms with Crippen molar-refractivity contribution in [3.8, 4) is 0 Å². The van der Waals surface area contributed by atoms with Crippen molar-refractivity contribution in [2.75, 3.05) is 35.3 Å². The Morgan fingerprint density at radius 2 is 1.94 bits per heavy atom. The maximum absolute atomic E-state index is 12.8. The van der Waals surface area contributed by atoms with Gasteiger partial charge in [0.2, 0.25) is 0 Å². The molecule has 0 spiro atoms. The van der Waals surface area contributed by atoms with Gasteiger partial charge in [-0.05, 0) is 28.2 Å². The van der Waals surface area contributed by atoms with E-state index < -0.39 is 7.44 Å². The highest BCUT2D eigenvalue weighted by Gasteiger charge is 2.32. The SMILES string of the molecule is COC(=O)Cn1cnc(P(=O)(N(C)C)N(C)C)c1. The number of nitrogens with zero attached hydrogens (tertiary/aromatic N) is 4. The molecular weight excluding hydrogens is 255 g/mol. The van der Waals surface area contributed by atoms with Gasteiger partial charge in [-0.15, -0.1) is 0 Å². The quantitative estimate of drug-likeness (QED) is 0.556. The fourth-order valence-electron chi connectivity index (χ4n) is 1.57. The lowest BCUT2D eigenvalue weighted by Gasteiger charge is -2.28. The van der Waals surface area contributed by atoms with Crippen molar-refractivity contribution in [2.24, 2.45) is 0 Å². The molecule has 0 aliphatic rings. The number of hydrogen-bond donors (Lipinski definition) is 0. The lowest BCUT2D eigenvalue weighted by atomic mass is 10.6. The second kappa shape index (κ2) is 5.65. The van der Waals surface area contributed by atoms with Gasteiger partial charge >= 0.3 is 5.97 Å². The molecule has 0 amide bonds. The minimum Gasteiger partial charge on any atom is -0.468 e. The highest BCUT2D eigenvalue weighted by Crippen LogP contribution is 2.47. The molecule has 0 aliphatic carbocycles. The van der Waals surface area contributed by atoms with Crippen LogP contribution in [0.25, 0.3) is 0 Å². The van der Waals surface area contributed by atoms with E-state index in [0.29, 0.717) is 5.44 Å². The number of esters is 1. The molecule has 0 fully saturated rings. The zero-order valence-corrected chi connectivity index (χ0v) is 12.2. The first-order valence-electron chi connectivity index (χ1n) is 5.37. The minimum atomic E-state index is -2.86. The summed E-state index contributed by atoms with van der Waals surface area (Å²) < 4.78 is 22.2. The summed E-state index contributed by atoms with van der Waals surface area (Å²) >= 11 is 0. The van der Waals surface area contributed by atoms with Crippen LogP contribution in [-0.4, -0.2) is 60.2 Å². The molecule has 0 unspecified atom stereocenters. The Kier molecular flexibility index (Phi) is 4.67. The lowest BCUT2D eigenvalue weighted by Crippen LogP contribution is -2.29. The minimum absolute atomic E-state index is 0.0599. The number of ether oxygens (including phenoxy) is 1. The topological polar surface area (TPSA) is 67.7 Å². The molecule has 0 atom stereocenters. The van der Waals surface area contributed by atoms with Crippen LogP contribution in [0.15, 0.2) is 12.5 Å². The lowest BCUT2D eigenvalue weighted by molar-refractivity contribution is -0.141. The van der Waals surface area contributed by atoms with Crippen molar-refractivity contribution < 1.29 is 14.1 Å². The van der Waals surface area contributed by atoms with Gasteiger partial charge in [-0.1, -0.05) is 0 Å². The molecule has 0 bridgehead atoms. The van der Waals surface area contributed by atoms with E-state index in [-0.39, 0.29) is 12.5 Å². The van der Waals surface area contributed by atoms with Crippen LogP contribution in [0.5, 0.6) is 0 Å². The van der Waals surface area contributed by atoms with Gasteiger partial charge in [0, 0.05) is 6.20 Å². The molecule has 0 saturated carbocycles. The number of carbonyl (C=O) groups excluding carboxylic acids is 1. The number of aromatic nitrogens is 2. The summed E-state index contributed by atoms with van der Waals surface area (Å²) in [5.74, 6) is -0.372. The first kappa shape index (κ1) is 14.9. The van der Waals surface area contributed by atoms with Crippen molar-refractivity contribution in [1.82, 2.24) is 18.9 Å². The zero-order chi connectivity index (χ0) is 13.9. The number of imidazole rings is 1. The fraction of sp³-hybridized carbons (Fsp3) is 0.600. The van der Waals surface area contributed by atoms with E-state index >= 15 is 0 Å². The standard InChI is InChI=1S/C10H19N4O3P/c1-12(2)18(16,13(3)4)9-6-14(8-11-9)7-10(15)17-5/h6,8H,7H2,1-5H3. The summed E-state index contributed by atoms with van der Waals surface area (Å²) in [6.45, 7) is 0.0599. The van der Waals surface area contributed by atoms with E-state index in [1.165, 1.54) is 13.4 Å². The third-order valence-electron chi connectivity index (χ3n) is 2.54. The Hall–Kier alpha value is -1.17. The van der Waals surface area contributed by atoms with Gasteiger partial charge in [-0.3, -0.25) is 9.36 Å². The normalized spacial score (nSPS) is 12.2. The van der Waals surface area contributed by atoms with Crippen LogP contribution in [0.1, 0.15) is 0 Å². The number of carbonyl (C=O) groups is 1. The van der Waals surface area contributed by atoms with Gasteiger partial charge in [-0.2, -0.15) is 0 Å². The fourth-order valence-corrected chi connectivity index (χ4v) is 3.60. The largest absolute Gasteiger partial charge is 0.468 e. The second-order valence-electron chi connectivity index (χ2n) is 4.22. The molecule has 8 heteroatoms. The molecule has 0 N–H and O–H groups in total. The Labute approximate surface area is 107 Å². The van der Waals surface area contributed by atoms with Gasteiger partial charge in [0.15, 0.2) is 0 Å². The van der Waals surface area contributed by atoms with Gasteiger partial charge in [0.05, 0.1) is 13.4 Å². The first-order valence-corrected chi connectivity index (χ1v) is 6.98. The second-order valence-corrected chi connectivity index (χ2v) is 7.37. The maximum Gasteiger partial charge on any atom is 0.325 e. The van der Waals surface area contributed by atoms with Crippen molar-refractivity contribution in [3.05, 3.63) is 12.5 Å². The van der Waals surface area contributed by atoms with Crippen LogP contribution in [0.4, 0.5) is 0 Å². The number of hydrogen-bond acceptors (Lipinski definition) is 4. The number of methoxy groups -OCH3 is 1. The van der Waals surface area contributed by atoms with E-state index in [4.69, 9.17) is 0 Å². The van der Waals surface area contributed by atoms with Crippen LogP contribution < -0.4 is 5.44 Å². The van der Waals surface area contributed by atoms with Crippen LogP contribution in [-0.2, 0) is 20.6 Å². The Morgan fingerprint density at radius 3 is 2.39 bits per heavy atom. The van der Waals surface area contributed by atoms with Crippen molar-refractivity contribution >= 4 is 18.8 Å². The molecule has 0 aliphatic heterocycles. The summed E-state index contributed by atoms with van der Waals surface area (Å²) in [6, 6.07) is 0. The summed E-state index contributed by atoms with van der Waals surface area (Å²) in [5.41, 5.74) is 0.446. The Bertz CT molecular complexity index is 457. The summed E-state index contributed by atoms with van der Waals surface area (Å²) in [6.07, 6.45) is 3.09. The average Bonchev–Trinajstić information content (AvgIpc) is 2.75. The molecule has 7 nitrogen and oxygen atoms in total. The highest BCUT2D eigenvalue weighted by molar-refractivity contribution is 7.66. The smallest absolute Gasteiger partial charge is 0.325 e. The van der Waals surface area contributed by atoms with Crippen LogP contribution >= 0.6 is 7.44 Å². The van der Waals surface area contributed by atoms with Crippen molar-refractivity contribution in [1.29, 1.82) is 0 Å². The molecule has 1 aromatic heterocycles. The Balaban J connectivity index is 3.03. The van der Waals surface area contributed by atoms with E-state index in [9.17, 15) is 9.36 Å². The van der Waals surface area contributed by atoms with Crippen LogP contribution in [0.2, 0.25) is 0 Å². The van der Waals surface area contributed by atoms with E-state index in [1.807, 2.05) is 0 Å². The zero-order valence-electron chi connectivity index (χ0n) is 11.3. The molecule has 18 heavy (non-hydrogen) atoms. The van der Waals surface area contributed by atoms with Gasteiger partial charge in [0.25, 0.3) is 7.44 Å². The van der Waals surface area contributed by atoms with Crippen molar-refractivity contribution in [3.63, 3.8) is 0 Å². The summed E-state index contributed by atoms with van der Waals surface area (Å²) in [7, 11) is 5.40. The number of rotatable bonds is 5. The van der Waals surface area contributed by atoms with E-state index in [2.05, 4.69) is 9.72 Å². The third kappa shape index (κ3) is 2.80. The van der Waals surface area contributed by atoms with Gasteiger partial charge in [0.1, 0.15) is 12.0 Å². The average molecular weight is 274 g/mol. The molecular formula is C10H19N4O3P. The van der Waals surface area contributed by atoms with E-state index in [1.54, 1.807) is 48.3 Å². The maximum atomic E-state index is 12.8. The molecule has 0 saturated heterocycles. The van der Waals surface area contributed by atoms with Crippen molar-refractivity contribution in [2.45, 2.75) is 6.54 Å². The molecule has 1 heterocycles. The van der Waals surface area contributed by atoms with Crippen LogP contribution in [0, 0.1) is 0 Å². The Morgan fingerprint density at radius 1 is 1.39 bits per heavy atom. The molecule has 102 valence electrons. The molecule has 1 rings (SSSR count). The van der Waals surface area contributed by atoms with Gasteiger partial charge in [-0.25, -0.2) is 14.3 Å². The van der Waals surface area contributed by atoms with Crippen LogP contribution in [0.3, 0.4) is 0 Å². The van der Waals surface area contributed by atoms with E-state index in [0.717, 1.165) is 0 Å². The highest BCUT2D eigenvalue weighted by atomic mass is 31.2. The summed E-state index contributed by atoms with van der Waals surface area (Å²) in [4.78, 5) is 15.3. The molecule has 0 aromatic carbocycles. The predicted molar refractivity (Wildman–Crippen MR) is 68.9 cm³/mol. The van der Waals surface area contributed by atoms with Gasteiger partial charge < -0.3 is 9.30 Å². The molecule has 0 radical (unpaired) electrons. The molecule has 1 aromatic rings. The monoisotopic (exact) mass is 274 g/mol. The summed E-state index contributed by atoms with van der Waals surface area (Å²) in [5, 5.41) is 0. The predicted octanol–water partition coefficient (Wildman–Crippen LogP) is -0.00230.